The van der Waals surface area contributed by atoms with Gasteiger partial charge < -0.3 is 4.90 Å². The minimum Gasteiger partial charge on any atom is -0.378 e. The summed E-state index contributed by atoms with van der Waals surface area (Å²) < 4.78 is 26.0. The van der Waals surface area contributed by atoms with Crippen LogP contribution >= 0.6 is 0 Å². The molecular weight excluding hydrogens is 260 g/mol. The van der Waals surface area contributed by atoms with Crippen molar-refractivity contribution in [1.29, 1.82) is 0 Å². The van der Waals surface area contributed by atoms with Crippen LogP contribution in [0.4, 0.5) is 5.69 Å². The van der Waals surface area contributed by atoms with Gasteiger partial charge in [-0.2, -0.15) is 0 Å². The highest BCUT2D eigenvalue weighted by atomic mass is 32.2. The van der Waals surface area contributed by atoms with Gasteiger partial charge in [-0.3, -0.25) is 0 Å². The summed E-state index contributed by atoms with van der Waals surface area (Å²) in [6.45, 7) is 3.76. The van der Waals surface area contributed by atoms with Crippen LogP contribution in [0.25, 0.3) is 0 Å². The van der Waals surface area contributed by atoms with Crippen LogP contribution in [0.1, 0.15) is 25.8 Å². The average molecular weight is 284 g/mol. The quantitative estimate of drug-likeness (QED) is 0.833. The Bertz CT molecular complexity index is 481. The first-order valence-corrected chi connectivity index (χ1v) is 8.25. The van der Waals surface area contributed by atoms with Crippen LogP contribution in [-0.4, -0.2) is 34.3 Å². The zero-order valence-corrected chi connectivity index (χ0v) is 13.0. The van der Waals surface area contributed by atoms with Crippen molar-refractivity contribution in [3.63, 3.8) is 0 Å². The molecule has 4 nitrogen and oxygen atoms in total. The lowest BCUT2D eigenvalue weighted by Crippen LogP contribution is -2.35. The fourth-order valence-electron chi connectivity index (χ4n) is 1.96. The molecule has 1 aromatic carbocycles. The highest BCUT2D eigenvalue weighted by Crippen LogP contribution is 2.13. The topological polar surface area (TPSA) is 49.4 Å². The van der Waals surface area contributed by atoms with E-state index >= 15 is 0 Å². The predicted octanol–water partition coefficient (Wildman–Crippen LogP) is 2.01. The van der Waals surface area contributed by atoms with Gasteiger partial charge in [0.2, 0.25) is 10.0 Å². The molecule has 0 spiro atoms. The van der Waals surface area contributed by atoms with E-state index in [1.54, 1.807) is 0 Å². The zero-order valence-electron chi connectivity index (χ0n) is 12.2. The van der Waals surface area contributed by atoms with Gasteiger partial charge in [-0.05, 0) is 37.5 Å². The fourth-order valence-corrected chi connectivity index (χ4v) is 3.31. The van der Waals surface area contributed by atoms with Crippen molar-refractivity contribution in [1.82, 2.24) is 4.72 Å². The Kier molecular flexibility index (Phi) is 5.82. The maximum atomic E-state index is 11.7. The molecule has 5 heteroatoms. The smallest absolute Gasteiger partial charge is 0.211 e. The Morgan fingerprint density at radius 1 is 1.21 bits per heavy atom. The van der Waals surface area contributed by atoms with E-state index in [1.165, 1.54) is 0 Å². The first kappa shape index (κ1) is 16.0. The van der Waals surface area contributed by atoms with E-state index in [9.17, 15) is 8.42 Å². The van der Waals surface area contributed by atoms with E-state index in [2.05, 4.69) is 4.72 Å². The van der Waals surface area contributed by atoms with Crippen molar-refractivity contribution in [2.45, 2.75) is 32.7 Å². The third-order valence-electron chi connectivity index (χ3n) is 2.85. The first-order chi connectivity index (χ1) is 8.84. The van der Waals surface area contributed by atoms with Gasteiger partial charge >= 0.3 is 0 Å². The number of nitrogens with zero attached hydrogens (tertiary/aromatic N) is 1. The molecule has 1 N–H and O–H groups in total. The Morgan fingerprint density at radius 2 is 1.79 bits per heavy atom. The molecule has 1 atom stereocenters. The predicted molar refractivity (Wildman–Crippen MR) is 81.1 cm³/mol. The van der Waals surface area contributed by atoms with E-state index < -0.39 is 10.0 Å². The molecule has 0 aromatic heterocycles. The second-order valence-corrected chi connectivity index (χ2v) is 6.98. The second kappa shape index (κ2) is 6.91. The number of rotatable bonds is 7. The van der Waals surface area contributed by atoms with Crippen LogP contribution in [0.3, 0.4) is 0 Å². The minimum atomic E-state index is -3.13. The number of sulfonamides is 1. The molecule has 0 aliphatic rings. The van der Waals surface area contributed by atoms with E-state index in [4.69, 9.17) is 0 Å². The molecule has 0 amide bonds. The summed E-state index contributed by atoms with van der Waals surface area (Å²) in [7, 11) is 0.862. The molecule has 0 saturated carbocycles. The minimum absolute atomic E-state index is 0.0817. The standard InChI is InChI=1S/C14H24N2O2S/c1-5-10-19(17,18)15-12(2)11-13-6-8-14(9-7-13)16(3)4/h6-9,12,15H,5,10-11H2,1-4H3/t12-/m0/s1. The lowest BCUT2D eigenvalue weighted by atomic mass is 10.1. The van der Waals surface area contributed by atoms with Gasteiger partial charge in [0.05, 0.1) is 5.75 Å². The number of hydrogen-bond donors (Lipinski definition) is 1. The maximum Gasteiger partial charge on any atom is 0.211 e. The molecule has 0 aliphatic carbocycles. The SMILES string of the molecule is CCCS(=O)(=O)N[C@@H](C)Cc1ccc(N(C)C)cc1. The van der Waals surface area contributed by atoms with Crippen LogP contribution in [0.2, 0.25) is 0 Å². The Labute approximate surface area is 116 Å². The summed E-state index contributed by atoms with van der Waals surface area (Å²) in [4.78, 5) is 2.04. The first-order valence-electron chi connectivity index (χ1n) is 6.60. The number of benzene rings is 1. The third kappa shape index (κ3) is 5.61. The van der Waals surface area contributed by atoms with Crippen LogP contribution in [-0.2, 0) is 16.4 Å². The molecule has 108 valence electrons. The van der Waals surface area contributed by atoms with Gasteiger partial charge in [0.25, 0.3) is 0 Å². The molecule has 0 unspecified atom stereocenters. The summed E-state index contributed by atoms with van der Waals surface area (Å²) in [5.74, 6) is 0.191. The molecule has 1 rings (SSSR count). The summed E-state index contributed by atoms with van der Waals surface area (Å²) in [5.41, 5.74) is 2.28. The third-order valence-corrected chi connectivity index (χ3v) is 4.56. The van der Waals surface area contributed by atoms with Crippen molar-refractivity contribution in [2.75, 3.05) is 24.7 Å². The Morgan fingerprint density at radius 3 is 2.26 bits per heavy atom. The van der Waals surface area contributed by atoms with Gasteiger partial charge in [-0.15, -0.1) is 0 Å². The highest BCUT2D eigenvalue weighted by Gasteiger charge is 2.13. The number of anilines is 1. The van der Waals surface area contributed by atoms with E-state index in [-0.39, 0.29) is 11.8 Å². The number of nitrogens with one attached hydrogen (secondary N) is 1. The van der Waals surface area contributed by atoms with Crippen molar-refractivity contribution in [3.8, 4) is 0 Å². The van der Waals surface area contributed by atoms with Crippen molar-refractivity contribution in [3.05, 3.63) is 29.8 Å². The van der Waals surface area contributed by atoms with Crippen LogP contribution < -0.4 is 9.62 Å². The fraction of sp³-hybridized carbons (Fsp3) is 0.571. The van der Waals surface area contributed by atoms with Crippen LogP contribution in [0.15, 0.2) is 24.3 Å². The summed E-state index contributed by atoms with van der Waals surface area (Å²) in [6.07, 6.45) is 1.34. The molecule has 0 aliphatic heterocycles. The van der Waals surface area contributed by atoms with Gasteiger partial charge in [0.15, 0.2) is 0 Å². The molecule has 0 bridgehead atoms. The zero-order chi connectivity index (χ0) is 14.5. The Hall–Kier alpha value is -1.07. The molecular formula is C14H24N2O2S. The molecule has 0 radical (unpaired) electrons. The molecule has 0 heterocycles. The van der Waals surface area contributed by atoms with Gasteiger partial charge in [0.1, 0.15) is 0 Å². The summed E-state index contributed by atoms with van der Waals surface area (Å²) in [6, 6.07) is 8.09. The van der Waals surface area contributed by atoms with Crippen LogP contribution in [0.5, 0.6) is 0 Å². The molecule has 19 heavy (non-hydrogen) atoms. The summed E-state index contributed by atoms with van der Waals surface area (Å²) in [5, 5.41) is 0. The monoisotopic (exact) mass is 284 g/mol. The van der Waals surface area contributed by atoms with E-state index in [0.29, 0.717) is 12.8 Å². The van der Waals surface area contributed by atoms with Crippen molar-refractivity contribution < 1.29 is 8.42 Å². The maximum absolute atomic E-state index is 11.7. The molecule has 1 aromatic rings. The van der Waals surface area contributed by atoms with Gasteiger partial charge in [-0.1, -0.05) is 19.1 Å². The lowest BCUT2D eigenvalue weighted by Gasteiger charge is -2.16. The highest BCUT2D eigenvalue weighted by molar-refractivity contribution is 7.89. The molecule has 0 fully saturated rings. The lowest BCUT2D eigenvalue weighted by molar-refractivity contribution is 0.558. The number of hydrogen-bond acceptors (Lipinski definition) is 3. The Balaban J connectivity index is 2.59. The normalized spacial score (nSPS) is 13.3. The largest absolute Gasteiger partial charge is 0.378 e. The summed E-state index contributed by atoms with van der Waals surface area (Å²) >= 11 is 0. The second-order valence-electron chi connectivity index (χ2n) is 5.10. The van der Waals surface area contributed by atoms with Gasteiger partial charge in [0, 0.05) is 25.8 Å². The van der Waals surface area contributed by atoms with Crippen molar-refractivity contribution in [2.24, 2.45) is 0 Å². The van der Waals surface area contributed by atoms with Crippen LogP contribution in [0, 0.1) is 0 Å². The van der Waals surface area contributed by atoms with E-state index in [1.807, 2.05) is 57.1 Å². The van der Waals surface area contributed by atoms with E-state index in [0.717, 1.165) is 11.3 Å². The molecule has 0 saturated heterocycles. The van der Waals surface area contributed by atoms with Gasteiger partial charge in [-0.25, -0.2) is 13.1 Å². The van der Waals surface area contributed by atoms with Crippen molar-refractivity contribution >= 4 is 15.7 Å². The average Bonchev–Trinajstić information content (AvgIpc) is 2.28.